The predicted molar refractivity (Wildman–Crippen MR) is 121 cm³/mol. The first-order chi connectivity index (χ1) is 15.8. The standard InChI is InChI=1S/C23H27FN4O5/c1-23(2,3)33-22(29)27-12-15(11-24)14-31-17-7-8-18-19(10-17)32-21(28-18)26-13-16-6-5-9-25-20(16)30-4/h5-11H,12-14H2,1-4H3,(H,26,28)(H,27,29)/b15-11-. The number of methoxy groups -OCH3 is 1. The van der Waals surface area contributed by atoms with E-state index in [9.17, 15) is 9.18 Å². The SMILES string of the molecule is COc1ncccc1CNc1nc2ccc(OC/C(=C\F)CNC(=O)OC(C)(C)C)cc2o1. The van der Waals surface area contributed by atoms with E-state index in [4.69, 9.17) is 18.6 Å². The number of hydrogen-bond donors (Lipinski definition) is 2. The summed E-state index contributed by atoms with van der Waals surface area (Å²) in [7, 11) is 1.56. The molecule has 0 aliphatic heterocycles. The van der Waals surface area contributed by atoms with Crippen molar-refractivity contribution in [3.05, 3.63) is 54.0 Å². The number of oxazole rings is 1. The molecule has 176 valence electrons. The van der Waals surface area contributed by atoms with Crippen LogP contribution in [-0.4, -0.2) is 41.9 Å². The first kappa shape index (κ1) is 23.8. The van der Waals surface area contributed by atoms with Gasteiger partial charge in [-0.05, 0) is 39.0 Å². The maximum Gasteiger partial charge on any atom is 0.407 e. The average Bonchev–Trinajstić information content (AvgIpc) is 3.19. The summed E-state index contributed by atoms with van der Waals surface area (Å²) in [5.41, 5.74) is 1.61. The number of alkyl carbamates (subject to hydrolysis) is 1. The number of ether oxygens (including phenoxy) is 3. The number of benzene rings is 1. The van der Waals surface area contributed by atoms with Gasteiger partial charge in [0.25, 0.3) is 6.01 Å². The van der Waals surface area contributed by atoms with Crippen LogP contribution >= 0.6 is 0 Å². The van der Waals surface area contributed by atoms with E-state index in [-0.39, 0.29) is 18.7 Å². The normalized spacial score (nSPS) is 11.8. The number of aromatic nitrogens is 2. The topological polar surface area (TPSA) is 108 Å². The van der Waals surface area contributed by atoms with Crippen LogP contribution in [0.1, 0.15) is 26.3 Å². The molecule has 0 aliphatic carbocycles. The molecule has 2 aromatic heterocycles. The molecule has 0 spiro atoms. The van der Waals surface area contributed by atoms with Gasteiger partial charge in [-0.1, -0.05) is 6.07 Å². The Morgan fingerprint density at radius 3 is 2.82 bits per heavy atom. The number of nitrogens with one attached hydrogen (secondary N) is 2. The minimum atomic E-state index is -0.634. The molecule has 0 saturated heterocycles. The summed E-state index contributed by atoms with van der Waals surface area (Å²) < 4.78 is 34.9. The molecule has 0 unspecified atom stereocenters. The third-order valence-corrected chi connectivity index (χ3v) is 4.27. The van der Waals surface area contributed by atoms with E-state index in [1.54, 1.807) is 52.3 Å². The van der Waals surface area contributed by atoms with Crippen LogP contribution in [0.5, 0.6) is 11.6 Å². The number of nitrogens with zero attached hydrogens (tertiary/aromatic N) is 2. The first-order valence-corrected chi connectivity index (χ1v) is 10.3. The lowest BCUT2D eigenvalue weighted by atomic mass is 10.2. The van der Waals surface area contributed by atoms with E-state index in [0.29, 0.717) is 41.6 Å². The minimum absolute atomic E-state index is 0.0398. The van der Waals surface area contributed by atoms with Crippen molar-refractivity contribution in [3.8, 4) is 11.6 Å². The quantitative estimate of drug-likeness (QED) is 0.479. The molecule has 3 aromatic rings. The monoisotopic (exact) mass is 458 g/mol. The van der Waals surface area contributed by atoms with E-state index < -0.39 is 11.7 Å². The Morgan fingerprint density at radius 1 is 1.27 bits per heavy atom. The zero-order valence-corrected chi connectivity index (χ0v) is 19.0. The average molecular weight is 458 g/mol. The molecule has 1 aromatic carbocycles. The van der Waals surface area contributed by atoms with Crippen molar-refractivity contribution in [1.29, 1.82) is 0 Å². The summed E-state index contributed by atoms with van der Waals surface area (Å²) in [5.74, 6) is 0.991. The molecule has 0 bridgehead atoms. The number of fused-ring (bicyclic) bond motifs is 1. The second-order valence-corrected chi connectivity index (χ2v) is 8.09. The third kappa shape index (κ3) is 7.09. The van der Waals surface area contributed by atoms with Crippen molar-refractivity contribution in [2.24, 2.45) is 0 Å². The second-order valence-electron chi connectivity index (χ2n) is 8.09. The van der Waals surface area contributed by atoms with Crippen molar-refractivity contribution in [1.82, 2.24) is 15.3 Å². The van der Waals surface area contributed by atoms with E-state index in [2.05, 4.69) is 20.6 Å². The van der Waals surface area contributed by atoms with Gasteiger partial charge >= 0.3 is 6.09 Å². The van der Waals surface area contributed by atoms with Gasteiger partial charge in [0, 0.05) is 36.5 Å². The molecule has 33 heavy (non-hydrogen) atoms. The predicted octanol–water partition coefficient (Wildman–Crippen LogP) is 4.60. The number of anilines is 1. The van der Waals surface area contributed by atoms with Gasteiger partial charge in [-0.25, -0.2) is 14.2 Å². The fraction of sp³-hybridized carbons (Fsp3) is 0.348. The second kappa shape index (κ2) is 10.7. The third-order valence-electron chi connectivity index (χ3n) is 4.27. The minimum Gasteiger partial charge on any atom is -0.489 e. The lowest BCUT2D eigenvalue weighted by molar-refractivity contribution is 0.0531. The van der Waals surface area contributed by atoms with E-state index in [0.717, 1.165) is 5.56 Å². The molecule has 2 heterocycles. The van der Waals surface area contributed by atoms with Crippen molar-refractivity contribution < 1.29 is 27.8 Å². The molecule has 0 saturated carbocycles. The van der Waals surface area contributed by atoms with Gasteiger partial charge in [0.1, 0.15) is 23.5 Å². The Bertz CT molecular complexity index is 1120. The Labute approximate surface area is 190 Å². The first-order valence-electron chi connectivity index (χ1n) is 10.3. The van der Waals surface area contributed by atoms with Crippen LogP contribution in [0.25, 0.3) is 11.1 Å². The van der Waals surface area contributed by atoms with Gasteiger partial charge in [-0.2, -0.15) is 4.98 Å². The molecule has 9 nitrogen and oxygen atoms in total. The van der Waals surface area contributed by atoms with Crippen LogP contribution in [0.15, 0.2) is 52.8 Å². The van der Waals surface area contributed by atoms with E-state index in [1.807, 2.05) is 12.1 Å². The summed E-state index contributed by atoms with van der Waals surface area (Å²) in [5, 5.41) is 5.59. The van der Waals surface area contributed by atoms with Crippen molar-refractivity contribution in [2.75, 3.05) is 25.6 Å². The Hall–Kier alpha value is -3.82. The van der Waals surface area contributed by atoms with Crippen LogP contribution in [0.3, 0.4) is 0 Å². The molecule has 0 fully saturated rings. The van der Waals surface area contributed by atoms with Crippen LogP contribution in [0.2, 0.25) is 0 Å². The Morgan fingerprint density at radius 2 is 2.09 bits per heavy atom. The van der Waals surface area contributed by atoms with Gasteiger partial charge in [-0.3, -0.25) is 0 Å². The molecular formula is C23H27FN4O5. The molecule has 2 N–H and O–H groups in total. The number of hydrogen-bond acceptors (Lipinski definition) is 8. The molecule has 0 atom stereocenters. The maximum absolute atomic E-state index is 13.2. The van der Waals surface area contributed by atoms with Gasteiger partial charge in [0.05, 0.1) is 13.4 Å². The van der Waals surface area contributed by atoms with Crippen molar-refractivity contribution in [2.45, 2.75) is 32.9 Å². The number of halogens is 1. The summed E-state index contributed by atoms with van der Waals surface area (Å²) >= 11 is 0. The highest BCUT2D eigenvalue weighted by Gasteiger charge is 2.16. The highest BCUT2D eigenvalue weighted by molar-refractivity contribution is 5.76. The number of carbonyl (C=O) groups is 1. The van der Waals surface area contributed by atoms with Crippen LogP contribution in [-0.2, 0) is 11.3 Å². The van der Waals surface area contributed by atoms with E-state index >= 15 is 0 Å². The van der Waals surface area contributed by atoms with E-state index in [1.165, 1.54) is 0 Å². The smallest absolute Gasteiger partial charge is 0.407 e. The number of carbonyl (C=O) groups excluding carboxylic acids is 1. The Kier molecular flexibility index (Phi) is 7.70. The largest absolute Gasteiger partial charge is 0.489 e. The van der Waals surface area contributed by atoms with Gasteiger partial charge in [0.15, 0.2) is 5.58 Å². The fourth-order valence-corrected chi connectivity index (χ4v) is 2.78. The van der Waals surface area contributed by atoms with Gasteiger partial charge in [-0.15, -0.1) is 0 Å². The molecule has 0 radical (unpaired) electrons. The molecular weight excluding hydrogens is 431 g/mol. The van der Waals surface area contributed by atoms with Crippen LogP contribution in [0.4, 0.5) is 15.2 Å². The fourth-order valence-electron chi connectivity index (χ4n) is 2.78. The number of pyridine rings is 1. The summed E-state index contributed by atoms with van der Waals surface area (Å²) in [6, 6.07) is 9.14. The van der Waals surface area contributed by atoms with Crippen LogP contribution in [0, 0.1) is 0 Å². The number of amides is 1. The molecule has 0 aliphatic rings. The van der Waals surface area contributed by atoms with Crippen molar-refractivity contribution >= 4 is 23.2 Å². The molecule has 10 heteroatoms. The lowest BCUT2D eigenvalue weighted by Crippen LogP contribution is -2.34. The Balaban J connectivity index is 1.55. The van der Waals surface area contributed by atoms with Crippen LogP contribution < -0.4 is 20.1 Å². The molecule has 3 rings (SSSR count). The highest BCUT2D eigenvalue weighted by Crippen LogP contribution is 2.25. The zero-order valence-electron chi connectivity index (χ0n) is 19.0. The van der Waals surface area contributed by atoms with Crippen molar-refractivity contribution in [3.63, 3.8) is 0 Å². The summed E-state index contributed by atoms with van der Waals surface area (Å²) in [6.07, 6.45) is 1.42. The maximum atomic E-state index is 13.2. The summed E-state index contributed by atoms with van der Waals surface area (Å²) in [4.78, 5) is 20.3. The zero-order chi connectivity index (χ0) is 23.8. The van der Waals surface area contributed by atoms with Gasteiger partial charge < -0.3 is 29.3 Å². The summed E-state index contributed by atoms with van der Waals surface area (Å²) in [6.45, 7) is 5.57. The number of rotatable bonds is 9. The lowest BCUT2D eigenvalue weighted by Gasteiger charge is -2.20. The highest BCUT2D eigenvalue weighted by atomic mass is 19.1. The molecule has 1 amide bonds. The van der Waals surface area contributed by atoms with Gasteiger partial charge in [0.2, 0.25) is 5.88 Å².